The molecule has 0 saturated heterocycles. The highest BCUT2D eigenvalue weighted by Gasteiger charge is 2.15. The molecule has 1 N–H and O–H groups in total. The summed E-state index contributed by atoms with van der Waals surface area (Å²) in [5.41, 5.74) is 3.02. The van der Waals surface area contributed by atoms with E-state index >= 15 is 0 Å². The molecule has 1 aromatic carbocycles. The van der Waals surface area contributed by atoms with Gasteiger partial charge in [0.05, 0.1) is 5.75 Å². The largest absolute Gasteiger partial charge is 0.325 e. The van der Waals surface area contributed by atoms with Crippen molar-refractivity contribution in [2.45, 2.75) is 37.9 Å². The summed E-state index contributed by atoms with van der Waals surface area (Å²) in [6, 6.07) is 11.8. The molecule has 29 heavy (non-hydrogen) atoms. The van der Waals surface area contributed by atoms with Crippen molar-refractivity contribution in [2.75, 3.05) is 11.1 Å². The Hall–Kier alpha value is -2.93. The molecular formula is C22H25N5OS. The second kappa shape index (κ2) is 10.6. The monoisotopic (exact) mass is 407 g/mol. The second-order valence-electron chi connectivity index (χ2n) is 6.58. The van der Waals surface area contributed by atoms with E-state index in [2.05, 4.69) is 46.1 Å². The van der Waals surface area contributed by atoms with Gasteiger partial charge in [0, 0.05) is 30.2 Å². The predicted octanol–water partition coefficient (Wildman–Crippen LogP) is 4.60. The van der Waals surface area contributed by atoms with Crippen LogP contribution in [0.5, 0.6) is 0 Å². The van der Waals surface area contributed by atoms with Crippen LogP contribution in [-0.2, 0) is 17.8 Å². The zero-order valence-corrected chi connectivity index (χ0v) is 17.4. The molecule has 0 unspecified atom stereocenters. The molecule has 2 aromatic heterocycles. The third-order valence-electron chi connectivity index (χ3n) is 4.36. The standard InChI is InChI=1S/C22H25N5OS/c1-3-5-6-17-7-9-19(10-8-17)24-20(28)16-29-22-26-25-21(27(22)15-4-2)18-11-13-23-14-12-18/h4,7-14H,2-3,5-6,15-16H2,1H3,(H,24,28). The van der Waals surface area contributed by atoms with Gasteiger partial charge in [0.15, 0.2) is 11.0 Å². The van der Waals surface area contributed by atoms with Crippen LogP contribution in [0, 0.1) is 0 Å². The maximum atomic E-state index is 12.4. The molecule has 0 aliphatic rings. The molecule has 3 aromatic rings. The molecule has 0 bridgehead atoms. The number of aryl methyl sites for hydroxylation is 1. The van der Waals surface area contributed by atoms with Crippen LogP contribution in [0.4, 0.5) is 5.69 Å². The zero-order valence-electron chi connectivity index (χ0n) is 16.5. The number of benzene rings is 1. The highest BCUT2D eigenvalue weighted by molar-refractivity contribution is 7.99. The number of anilines is 1. The third-order valence-corrected chi connectivity index (χ3v) is 5.32. The van der Waals surface area contributed by atoms with Gasteiger partial charge in [-0.15, -0.1) is 16.8 Å². The van der Waals surface area contributed by atoms with Crippen LogP contribution >= 0.6 is 11.8 Å². The SMILES string of the molecule is C=CCn1c(SCC(=O)Nc2ccc(CCCC)cc2)nnc1-c1ccncc1. The quantitative estimate of drug-likeness (QED) is 0.393. The lowest BCUT2D eigenvalue weighted by Crippen LogP contribution is -2.14. The summed E-state index contributed by atoms with van der Waals surface area (Å²) in [5, 5.41) is 12.2. The Labute approximate surface area is 175 Å². The maximum Gasteiger partial charge on any atom is 0.234 e. The van der Waals surface area contributed by atoms with Gasteiger partial charge in [-0.3, -0.25) is 14.3 Å². The van der Waals surface area contributed by atoms with Crippen molar-refractivity contribution in [3.05, 3.63) is 67.0 Å². The number of hydrogen-bond donors (Lipinski definition) is 1. The average molecular weight is 408 g/mol. The van der Waals surface area contributed by atoms with E-state index in [1.54, 1.807) is 18.5 Å². The number of nitrogens with one attached hydrogen (secondary N) is 1. The topological polar surface area (TPSA) is 72.7 Å². The van der Waals surface area contributed by atoms with E-state index in [1.165, 1.54) is 30.2 Å². The number of hydrogen-bond acceptors (Lipinski definition) is 5. The van der Waals surface area contributed by atoms with Crippen LogP contribution in [0.15, 0.2) is 66.6 Å². The number of amides is 1. The van der Waals surface area contributed by atoms with Crippen LogP contribution < -0.4 is 5.32 Å². The van der Waals surface area contributed by atoms with Crippen molar-refractivity contribution >= 4 is 23.4 Å². The first kappa shape index (κ1) is 20.8. The average Bonchev–Trinajstić information content (AvgIpc) is 3.15. The Morgan fingerprint density at radius 2 is 1.93 bits per heavy atom. The molecule has 6 nitrogen and oxygen atoms in total. The van der Waals surface area contributed by atoms with Crippen molar-refractivity contribution in [3.63, 3.8) is 0 Å². The highest BCUT2D eigenvalue weighted by Crippen LogP contribution is 2.24. The number of unbranched alkanes of at least 4 members (excludes halogenated alkanes) is 1. The van der Waals surface area contributed by atoms with Crippen LogP contribution in [0.3, 0.4) is 0 Å². The van der Waals surface area contributed by atoms with Crippen LogP contribution in [0.25, 0.3) is 11.4 Å². The summed E-state index contributed by atoms with van der Waals surface area (Å²) < 4.78 is 1.95. The smallest absolute Gasteiger partial charge is 0.234 e. The van der Waals surface area contributed by atoms with Gasteiger partial charge >= 0.3 is 0 Å². The molecule has 0 spiro atoms. The fraction of sp³-hybridized carbons (Fsp3) is 0.273. The molecule has 2 heterocycles. The van der Waals surface area contributed by atoms with Crippen LogP contribution in [0.1, 0.15) is 25.3 Å². The first-order valence-electron chi connectivity index (χ1n) is 9.67. The molecule has 0 aliphatic heterocycles. The van der Waals surface area contributed by atoms with E-state index in [0.717, 1.165) is 23.5 Å². The van der Waals surface area contributed by atoms with E-state index in [9.17, 15) is 4.79 Å². The van der Waals surface area contributed by atoms with Crippen molar-refractivity contribution < 1.29 is 4.79 Å². The first-order valence-corrected chi connectivity index (χ1v) is 10.7. The molecule has 0 atom stereocenters. The lowest BCUT2D eigenvalue weighted by molar-refractivity contribution is -0.113. The zero-order chi connectivity index (χ0) is 20.5. The Kier molecular flexibility index (Phi) is 7.58. The minimum Gasteiger partial charge on any atom is -0.325 e. The van der Waals surface area contributed by atoms with E-state index in [4.69, 9.17) is 0 Å². The minimum atomic E-state index is -0.0741. The molecular weight excluding hydrogens is 382 g/mol. The lowest BCUT2D eigenvalue weighted by Gasteiger charge is -2.08. The van der Waals surface area contributed by atoms with Crippen molar-refractivity contribution in [3.8, 4) is 11.4 Å². The normalized spacial score (nSPS) is 10.7. The van der Waals surface area contributed by atoms with Crippen LogP contribution in [-0.4, -0.2) is 31.4 Å². The van der Waals surface area contributed by atoms with Crippen molar-refractivity contribution in [2.24, 2.45) is 0 Å². The van der Waals surface area contributed by atoms with E-state index in [-0.39, 0.29) is 11.7 Å². The molecule has 0 fully saturated rings. The van der Waals surface area contributed by atoms with Gasteiger partial charge in [-0.1, -0.05) is 43.3 Å². The van der Waals surface area contributed by atoms with Crippen molar-refractivity contribution in [1.29, 1.82) is 0 Å². The minimum absolute atomic E-state index is 0.0741. The summed E-state index contributed by atoms with van der Waals surface area (Å²) in [5.74, 6) is 0.913. The van der Waals surface area contributed by atoms with E-state index < -0.39 is 0 Å². The van der Waals surface area contributed by atoms with Gasteiger partial charge in [-0.25, -0.2) is 0 Å². The molecule has 3 rings (SSSR count). The van der Waals surface area contributed by atoms with Gasteiger partial charge < -0.3 is 5.32 Å². The number of aromatic nitrogens is 4. The lowest BCUT2D eigenvalue weighted by atomic mass is 10.1. The number of nitrogens with zero attached hydrogens (tertiary/aromatic N) is 4. The number of carbonyl (C=O) groups excluding carboxylic acids is 1. The second-order valence-corrected chi connectivity index (χ2v) is 7.52. The Morgan fingerprint density at radius 3 is 2.62 bits per heavy atom. The van der Waals surface area contributed by atoms with Gasteiger partial charge in [0.25, 0.3) is 0 Å². The predicted molar refractivity (Wildman–Crippen MR) is 118 cm³/mol. The summed E-state index contributed by atoms with van der Waals surface area (Å²) in [6.45, 7) is 6.56. The van der Waals surface area contributed by atoms with Gasteiger partial charge in [0.1, 0.15) is 0 Å². The van der Waals surface area contributed by atoms with Gasteiger partial charge in [-0.05, 0) is 42.7 Å². The molecule has 0 radical (unpaired) electrons. The molecule has 0 aliphatic carbocycles. The fourth-order valence-electron chi connectivity index (χ4n) is 2.87. The highest BCUT2D eigenvalue weighted by atomic mass is 32.2. The molecule has 150 valence electrons. The number of thioether (sulfide) groups is 1. The first-order chi connectivity index (χ1) is 14.2. The Bertz CT molecular complexity index is 938. The van der Waals surface area contributed by atoms with Crippen LogP contribution in [0.2, 0.25) is 0 Å². The van der Waals surface area contributed by atoms with Crippen molar-refractivity contribution in [1.82, 2.24) is 19.7 Å². The molecule has 1 amide bonds. The maximum absolute atomic E-state index is 12.4. The summed E-state index contributed by atoms with van der Waals surface area (Å²) in [4.78, 5) is 16.4. The fourth-order valence-corrected chi connectivity index (χ4v) is 3.61. The van der Waals surface area contributed by atoms with Gasteiger partial charge in [-0.2, -0.15) is 0 Å². The number of carbonyl (C=O) groups is 1. The van der Waals surface area contributed by atoms with E-state index in [0.29, 0.717) is 11.7 Å². The number of rotatable bonds is 10. The molecule has 7 heteroatoms. The van der Waals surface area contributed by atoms with E-state index in [1.807, 2.05) is 28.8 Å². The van der Waals surface area contributed by atoms with Gasteiger partial charge in [0.2, 0.25) is 5.91 Å². The Balaban J connectivity index is 1.61. The summed E-state index contributed by atoms with van der Waals surface area (Å²) in [7, 11) is 0. The summed E-state index contributed by atoms with van der Waals surface area (Å²) >= 11 is 1.36. The molecule has 0 saturated carbocycles. The Morgan fingerprint density at radius 1 is 1.17 bits per heavy atom. The third kappa shape index (κ3) is 5.77. The number of pyridine rings is 1. The summed E-state index contributed by atoms with van der Waals surface area (Å²) in [6.07, 6.45) is 8.65. The number of allylic oxidation sites excluding steroid dienone is 1.